The van der Waals surface area contributed by atoms with Crippen LogP contribution in [0.25, 0.3) is 0 Å². The summed E-state index contributed by atoms with van der Waals surface area (Å²) in [5, 5.41) is 37.5. The van der Waals surface area contributed by atoms with E-state index in [0.29, 0.717) is 0 Å². The summed E-state index contributed by atoms with van der Waals surface area (Å²) in [6, 6.07) is 4.68. The summed E-state index contributed by atoms with van der Waals surface area (Å²) in [4.78, 5) is 5.14. The molecule has 34 heavy (non-hydrogen) atoms. The van der Waals surface area contributed by atoms with E-state index in [4.69, 9.17) is 15.3 Å². The van der Waals surface area contributed by atoms with Gasteiger partial charge in [0.15, 0.2) is 0 Å². The van der Waals surface area contributed by atoms with Gasteiger partial charge in [0, 0.05) is 26.2 Å². The molecule has 2 aliphatic heterocycles. The average molecular weight is 492 g/mol. The number of nitrogens with zero attached hydrogens (tertiary/aromatic N) is 8. The normalized spacial score (nSPS) is 25.5. The Balaban J connectivity index is 2.26. The van der Waals surface area contributed by atoms with Crippen LogP contribution >= 0.6 is 0 Å². The maximum atomic E-state index is 13.5. The number of alkyl halides is 6. The molecule has 4 atom stereocenters. The first-order chi connectivity index (χ1) is 15.9. The van der Waals surface area contributed by atoms with Crippen LogP contribution in [0.2, 0.25) is 0 Å². The van der Waals surface area contributed by atoms with Crippen LogP contribution in [-0.4, -0.2) is 109 Å². The van der Waals surface area contributed by atoms with Crippen molar-refractivity contribution in [3.8, 4) is 24.3 Å². The second kappa shape index (κ2) is 11.7. The molecular formula is C19H22F6N8O. The largest absolute Gasteiger partial charge is 0.411 e. The molecular weight excluding hydrogens is 470 g/mol. The SMILES string of the molecule is N#CCN1CC(OCC(F)(F)F)CN(C(C#N)C(C#N)N2CC(C(F)(F)F)CN(CC#N)C2)C1. The van der Waals surface area contributed by atoms with Crippen molar-refractivity contribution in [1.82, 2.24) is 19.6 Å². The van der Waals surface area contributed by atoms with E-state index in [9.17, 15) is 36.9 Å². The van der Waals surface area contributed by atoms with Crippen LogP contribution in [0.5, 0.6) is 0 Å². The van der Waals surface area contributed by atoms with Gasteiger partial charge in [0.25, 0.3) is 0 Å². The smallest absolute Gasteiger partial charge is 0.366 e. The van der Waals surface area contributed by atoms with E-state index in [1.165, 1.54) is 14.7 Å². The molecule has 0 aliphatic carbocycles. The summed E-state index contributed by atoms with van der Waals surface area (Å²) in [5.41, 5.74) is 0. The van der Waals surface area contributed by atoms with Crippen LogP contribution in [0.3, 0.4) is 0 Å². The van der Waals surface area contributed by atoms with Crippen molar-refractivity contribution in [2.24, 2.45) is 5.92 Å². The summed E-state index contributed by atoms with van der Waals surface area (Å²) in [5.74, 6) is -1.86. The van der Waals surface area contributed by atoms with Gasteiger partial charge in [-0.25, -0.2) is 0 Å². The zero-order valence-electron chi connectivity index (χ0n) is 17.9. The summed E-state index contributed by atoms with van der Waals surface area (Å²) < 4.78 is 83.1. The van der Waals surface area contributed by atoms with E-state index in [2.05, 4.69) is 0 Å². The summed E-state index contributed by atoms with van der Waals surface area (Å²) in [7, 11) is 0. The van der Waals surface area contributed by atoms with E-state index in [1.54, 1.807) is 6.07 Å². The highest BCUT2D eigenvalue weighted by Crippen LogP contribution is 2.32. The average Bonchev–Trinajstić information content (AvgIpc) is 2.75. The third-order valence-corrected chi connectivity index (χ3v) is 5.48. The monoisotopic (exact) mass is 492 g/mol. The molecule has 0 bridgehead atoms. The third kappa shape index (κ3) is 7.69. The maximum Gasteiger partial charge on any atom is 0.411 e. The van der Waals surface area contributed by atoms with Crippen LogP contribution in [-0.2, 0) is 4.74 Å². The number of nitriles is 4. The van der Waals surface area contributed by atoms with Crippen molar-refractivity contribution >= 4 is 0 Å². The first kappa shape index (κ1) is 27.6. The molecule has 0 saturated carbocycles. The number of rotatable bonds is 7. The lowest BCUT2D eigenvalue weighted by atomic mass is 10.0. The van der Waals surface area contributed by atoms with Crippen molar-refractivity contribution < 1.29 is 31.1 Å². The van der Waals surface area contributed by atoms with Crippen LogP contribution in [0, 0.1) is 51.2 Å². The molecule has 0 aromatic heterocycles. The molecule has 0 aromatic carbocycles. The summed E-state index contributed by atoms with van der Waals surface area (Å²) >= 11 is 0. The fraction of sp³-hybridized carbons (Fsp3) is 0.789. The predicted octanol–water partition coefficient (Wildman–Crippen LogP) is 1.09. The third-order valence-electron chi connectivity index (χ3n) is 5.48. The van der Waals surface area contributed by atoms with Crippen LogP contribution in [0.15, 0.2) is 0 Å². The van der Waals surface area contributed by atoms with Crippen molar-refractivity contribution in [3.63, 3.8) is 0 Å². The first-order valence-electron chi connectivity index (χ1n) is 10.1. The Morgan fingerprint density at radius 2 is 1.26 bits per heavy atom. The molecule has 186 valence electrons. The minimum absolute atomic E-state index is 0.0225. The zero-order chi connectivity index (χ0) is 25.5. The number of halogens is 6. The molecule has 2 saturated heterocycles. The highest BCUT2D eigenvalue weighted by Gasteiger charge is 2.47. The van der Waals surface area contributed by atoms with Crippen LogP contribution < -0.4 is 0 Å². The lowest BCUT2D eigenvalue weighted by Gasteiger charge is -2.46. The van der Waals surface area contributed by atoms with Gasteiger partial charge >= 0.3 is 12.4 Å². The first-order valence-corrected chi connectivity index (χ1v) is 10.1. The van der Waals surface area contributed by atoms with Crippen molar-refractivity contribution in [2.45, 2.75) is 30.5 Å². The Kier molecular flexibility index (Phi) is 9.45. The van der Waals surface area contributed by atoms with Gasteiger partial charge in [-0.2, -0.15) is 47.4 Å². The van der Waals surface area contributed by atoms with E-state index in [0.717, 1.165) is 4.90 Å². The molecule has 9 nitrogen and oxygen atoms in total. The molecule has 0 radical (unpaired) electrons. The van der Waals surface area contributed by atoms with Gasteiger partial charge in [-0.05, 0) is 0 Å². The Hall–Kier alpha value is -2.66. The molecule has 0 spiro atoms. The second-order valence-corrected chi connectivity index (χ2v) is 8.10. The molecule has 0 N–H and O–H groups in total. The highest BCUT2D eigenvalue weighted by molar-refractivity contribution is 5.12. The number of ether oxygens (including phenoxy) is 1. The summed E-state index contributed by atoms with van der Waals surface area (Å²) in [6.07, 6.45) is -10.2. The Bertz CT molecular complexity index is 854. The maximum absolute atomic E-state index is 13.5. The zero-order valence-corrected chi connectivity index (χ0v) is 17.9. The molecule has 0 aromatic rings. The van der Waals surface area contributed by atoms with E-state index < -0.39 is 56.2 Å². The fourth-order valence-electron chi connectivity index (χ4n) is 4.07. The van der Waals surface area contributed by atoms with Crippen LogP contribution in [0.1, 0.15) is 0 Å². The highest BCUT2D eigenvalue weighted by atomic mass is 19.4. The Morgan fingerprint density at radius 1 is 0.765 bits per heavy atom. The molecule has 2 rings (SSSR count). The molecule has 15 heteroatoms. The van der Waals surface area contributed by atoms with Gasteiger partial charge in [0.1, 0.15) is 18.7 Å². The van der Waals surface area contributed by atoms with Crippen molar-refractivity contribution in [3.05, 3.63) is 0 Å². The van der Waals surface area contributed by atoms with Crippen LogP contribution in [0.4, 0.5) is 26.3 Å². The molecule has 2 fully saturated rings. The van der Waals surface area contributed by atoms with Gasteiger partial charge in [-0.15, -0.1) is 0 Å². The van der Waals surface area contributed by atoms with E-state index in [-0.39, 0.29) is 39.5 Å². The van der Waals surface area contributed by atoms with Crippen molar-refractivity contribution in [1.29, 1.82) is 21.0 Å². The topological polar surface area (TPSA) is 117 Å². The Labute approximate surface area is 192 Å². The molecule has 4 unspecified atom stereocenters. The molecule has 2 aliphatic rings. The van der Waals surface area contributed by atoms with Gasteiger partial charge in [-0.3, -0.25) is 19.6 Å². The van der Waals surface area contributed by atoms with Crippen molar-refractivity contribution in [2.75, 3.05) is 59.2 Å². The predicted molar refractivity (Wildman–Crippen MR) is 102 cm³/mol. The minimum Gasteiger partial charge on any atom is -0.366 e. The van der Waals surface area contributed by atoms with Gasteiger partial charge in [-0.1, -0.05) is 0 Å². The van der Waals surface area contributed by atoms with Gasteiger partial charge in [0.05, 0.1) is 62.7 Å². The van der Waals surface area contributed by atoms with Gasteiger partial charge < -0.3 is 4.74 Å². The lowest BCUT2D eigenvalue weighted by Crippen LogP contribution is -2.63. The minimum atomic E-state index is -4.60. The number of hydrogen-bond acceptors (Lipinski definition) is 9. The van der Waals surface area contributed by atoms with Gasteiger partial charge in [0.2, 0.25) is 0 Å². The second-order valence-electron chi connectivity index (χ2n) is 8.10. The molecule has 0 amide bonds. The lowest BCUT2D eigenvalue weighted by molar-refractivity contribution is -0.200. The molecule has 2 heterocycles. The number of hydrogen-bond donors (Lipinski definition) is 0. The van der Waals surface area contributed by atoms with E-state index in [1.807, 2.05) is 18.2 Å². The standard InChI is InChI=1S/C19H22F6N8O/c20-18(21,22)11-34-15-9-31(4-2-27)13-33(10-15)17(6-29)16(5-28)32-8-14(19(23,24)25)7-30(12-32)3-1-26/h14-17H,3-4,7-13H2. The summed E-state index contributed by atoms with van der Waals surface area (Å²) in [6.45, 7) is -3.50. The fourth-order valence-corrected chi connectivity index (χ4v) is 4.07. The Morgan fingerprint density at radius 3 is 1.71 bits per heavy atom. The van der Waals surface area contributed by atoms with E-state index >= 15 is 0 Å². The quantitative estimate of drug-likeness (QED) is 0.380.